The lowest BCUT2D eigenvalue weighted by Crippen LogP contribution is -2.47. The van der Waals surface area contributed by atoms with Gasteiger partial charge in [0.25, 0.3) is 5.91 Å². The number of benzene rings is 2. The van der Waals surface area contributed by atoms with Gasteiger partial charge in [0.1, 0.15) is 5.82 Å². The third-order valence-corrected chi connectivity index (χ3v) is 7.85. The summed E-state index contributed by atoms with van der Waals surface area (Å²) in [5.41, 5.74) is 1.06. The number of nitrogens with zero attached hydrogens (tertiary/aromatic N) is 3. The number of amides is 1. The molecule has 2 N–H and O–H groups in total. The molecule has 2 aromatic carbocycles. The minimum Gasteiger partial charge on any atom is -0.387 e. The lowest BCUT2D eigenvalue weighted by Gasteiger charge is -2.38. The molecule has 11 heteroatoms. The average Bonchev–Trinajstić information content (AvgIpc) is 2.94. The molecule has 0 atom stereocenters. The number of dihydropyridines is 1. The second kappa shape index (κ2) is 12.1. The first kappa shape index (κ1) is 30.1. The number of alkyl halides is 3. The van der Waals surface area contributed by atoms with Crippen LogP contribution in [0, 0.1) is 5.82 Å². The number of carbonyl (C=O) groups is 1. The summed E-state index contributed by atoms with van der Waals surface area (Å²) in [6.45, 7) is 9.75. The van der Waals surface area contributed by atoms with Crippen LogP contribution in [0.3, 0.4) is 0 Å². The highest BCUT2D eigenvalue weighted by Gasteiger charge is 2.39. The lowest BCUT2D eigenvalue weighted by atomic mass is 9.99. The first-order valence-electron chi connectivity index (χ1n) is 14.1. The Morgan fingerprint density at radius 1 is 1.07 bits per heavy atom. The molecule has 0 bridgehead atoms. The number of nitrogens with one attached hydrogen (secondary N) is 2. The van der Waals surface area contributed by atoms with E-state index in [0.29, 0.717) is 48.7 Å². The molecule has 0 saturated carbocycles. The predicted octanol–water partition coefficient (Wildman–Crippen LogP) is 4.77. The molecule has 7 nitrogen and oxygen atoms in total. The molecule has 0 aliphatic carbocycles. The second-order valence-electron chi connectivity index (χ2n) is 11.7. The number of anilines is 2. The Kier molecular flexibility index (Phi) is 8.63. The maximum absolute atomic E-state index is 15.2. The van der Waals surface area contributed by atoms with Crippen LogP contribution in [0.15, 0.2) is 59.8 Å². The van der Waals surface area contributed by atoms with Crippen molar-refractivity contribution in [2.24, 2.45) is 0 Å². The van der Waals surface area contributed by atoms with E-state index >= 15 is 4.39 Å². The summed E-state index contributed by atoms with van der Waals surface area (Å²) in [6, 6.07) is 10.2. The van der Waals surface area contributed by atoms with Crippen molar-refractivity contribution in [3.8, 4) is 11.1 Å². The van der Waals surface area contributed by atoms with E-state index in [-0.39, 0.29) is 12.1 Å². The van der Waals surface area contributed by atoms with Gasteiger partial charge in [-0.3, -0.25) is 9.69 Å². The van der Waals surface area contributed by atoms with E-state index in [1.165, 1.54) is 6.07 Å². The number of hydrogen-bond donors (Lipinski definition) is 2. The molecule has 42 heavy (non-hydrogen) atoms. The van der Waals surface area contributed by atoms with Gasteiger partial charge < -0.3 is 25.2 Å². The third-order valence-electron chi connectivity index (χ3n) is 7.85. The maximum Gasteiger partial charge on any atom is 0.416 e. The summed E-state index contributed by atoms with van der Waals surface area (Å²) in [7, 11) is 2.02. The zero-order valence-corrected chi connectivity index (χ0v) is 24.2. The van der Waals surface area contributed by atoms with Crippen molar-refractivity contribution in [3.63, 3.8) is 0 Å². The molecule has 5 rings (SSSR count). The monoisotopic (exact) mass is 587 g/mol. The van der Waals surface area contributed by atoms with Crippen LogP contribution in [0.4, 0.5) is 28.9 Å². The molecule has 2 aromatic rings. The van der Waals surface area contributed by atoms with Gasteiger partial charge in [-0.15, -0.1) is 0 Å². The van der Waals surface area contributed by atoms with E-state index in [2.05, 4.69) is 25.3 Å². The largest absolute Gasteiger partial charge is 0.416 e. The standard InChI is InChI=1S/C31H37F4N5O2/c1-30(2)20-39(14-15-42-30)19-21-4-6-26(32)23(16-21)22-5-7-28(40-12-10-38(3)11-13-40)27(17-22)37-29(41)24-18-36-9-8-25(24)31(33,34)35/h4-8,16-18,36H,9-15,19-20H2,1-3H3,(H,37,41). The molecule has 0 aromatic heterocycles. The Labute approximate surface area is 243 Å². The quantitative estimate of drug-likeness (QED) is 0.475. The van der Waals surface area contributed by atoms with Gasteiger partial charge in [0.15, 0.2) is 0 Å². The number of hydrogen-bond acceptors (Lipinski definition) is 6. The van der Waals surface area contributed by atoms with Crippen molar-refractivity contribution in [2.75, 3.05) is 69.7 Å². The van der Waals surface area contributed by atoms with Crippen LogP contribution in [0.2, 0.25) is 0 Å². The number of halogens is 4. The van der Waals surface area contributed by atoms with Crippen molar-refractivity contribution in [1.29, 1.82) is 0 Å². The molecule has 3 aliphatic heterocycles. The summed E-state index contributed by atoms with van der Waals surface area (Å²) in [6.07, 6.45) is -2.62. The van der Waals surface area contributed by atoms with Gasteiger partial charge in [-0.2, -0.15) is 13.2 Å². The van der Waals surface area contributed by atoms with Crippen LogP contribution in [0.5, 0.6) is 0 Å². The lowest BCUT2D eigenvalue weighted by molar-refractivity contribution is -0.115. The third kappa shape index (κ3) is 6.96. The summed E-state index contributed by atoms with van der Waals surface area (Å²) in [5.74, 6) is -1.31. The number of likely N-dealkylation sites (N-methyl/N-ethyl adjacent to an activating group) is 1. The van der Waals surface area contributed by atoms with Gasteiger partial charge in [-0.05, 0) is 56.3 Å². The van der Waals surface area contributed by atoms with Crippen molar-refractivity contribution >= 4 is 17.3 Å². The fourth-order valence-electron chi connectivity index (χ4n) is 5.68. The molecular weight excluding hydrogens is 550 g/mol. The highest BCUT2D eigenvalue weighted by Crippen LogP contribution is 2.36. The number of morpholine rings is 1. The summed E-state index contributed by atoms with van der Waals surface area (Å²) < 4.78 is 62.1. The number of carbonyl (C=O) groups excluding carboxylic acids is 1. The molecule has 1 amide bonds. The average molecular weight is 588 g/mol. The summed E-state index contributed by atoms with van der Waals surface area (Å²) in [5, 5.41) is 5.42. The van der Waals surface area contributed by atoms with Crippen LogP contribution in [0.25, 0.3) is 11.1 Å². The topological polar surface area (TPSA) is 60.1 Å². The predicted molar refractivity (Wildman–Crippen MR) is 156 cm³/mol. The van der Waals surface area contributed by atoms with E-state index in [9.17, 15) is 18.0 Å². The molecular formula is C31H37F4N5O2. The van der Waals surface area contributed by atoms with Crippen molar-refractivity contribution in [1.82, 2.24) is 15.1 Å². The minimum atomic E-state index is -4.67. The molecule has 0 unspecified atom stereocenters. The first-order valence-corrected chi connectivity index (χ1v) is 14.1. The highest BCUT2D eigenvalue weighted by molar-refractivity contribution is 6.09. The molecule has 3 heterocycles. The molecule has 226 valence electrons. The minimum absolute atomic E-state index is 0.0226. The van der Waals surface area contributed by atoms with Crippen LogP contribution in [-0.2, 0) is 16.1 Å². The Bertz CT molecular complexity index is 1380. The first-order chi connectivity index (χ1) is 19.9. The fraction of sp³-hybridized carbons (Fsp3) is 0.452. The fourth-order valence-corrected chi connectivity index (χ4v) is 5.68. The molecule has 0 radical (unpaired) electrons. The number of rotatable bonds is 6. The van der Waals surface area contributed by atoms with Crippen molar-refractivity contribution < 1.29 is 27.1 Å². The van der Waals surface area contributed by atoms with Crippen molar-refractivity contribution in [3.05, 3.63) is 71.2 Å². The molecule has 2 fully saturated rings. The van der Waals surface area contributed by atoms with Crippen LogP contribution in [0.1, 0.15) is 19.4 Å². The molecule has 0 spiro atoms. The van der Waals surface area contributed by atoms with Gasteiger partial charge in [0, 0.05) is 64.1 Å². The van der Waals surface area contributed by atoms with Gasteiger partial charge >= 0.3 is 6.18 Å². The van der Waals surface area contributed by atoms with Gasteiger partial charge in [-0.25, -0.2) is 4.39 Å². The normalized spacial score (nSPS) is 20.0. The Hall–Kier alpha value is -3.41. The number of piperazine rings is 1. The SMILES string of the molecule is CN1CCN(c2ccc(-c3cc(CN4CCOC(C)(C)C4)ccc3F)cc2NC(=O)C2=CNCC=C2C(F)(F)F)CC1. The van der Waals surface area contributed by atoms with E-state index < -0.39 is 29.0 Å². The van der Waals surface area contributed by atoms with Gasteiger partial charge in [0.2, 0.25) is 0 Å². The Morgan fingerprint density at radius 3 is 2.55 bits per heavy atom. The van der Waals surface area contributed by atoms with Gasteiger partial charge in [-0.1, -0.05) is 18.2 Å². The van der Waals surface area contributed by atoms with Crippen molar-refractivity contribution in [2.45, 2.75) is 32.2 Å². The van der Waals surface area contributed by atoms with Crippen LogP contribution in [-0.4, -0.2) is 87.0 Å². The zero-order chi connectivity index (χ0) is 30.1. The van der Waals surface area contributed by atoms with Crippen LogP contribution < -0.4 is 15.5 Å². The number of ether oxygens (including phenoxy) is 1. The summed E-state index contributed by atoms with van der Waals surface area (Å²) >= 11 is 0. The highest BCUT2D eigenvalue weighted by atomic mass is 19.4. The van der Waals surface area contributed by atoms with E-state index in [0.717, 1.165) is 44.0 Å². The Balaban J connectivity index is 1.47. The second-order valence-corrected chi connectivity index (χ2v) is 11.7. The van der Waals surface area contributed by atoms with Gasteiger partial charge in [0.05, 0.1) is 34.7 Å². The Morgan fingerprint density at radius 2 is 1.83 bits per heavy atom. The van der Waals surface area contributed by atoms with E-state index in [4.69, 9.17) is 4.74 Å². The molecule has 2 saturated heterocycles. The van der Waals surface area contributed by atoms with Crippen LogP contribution >= 0.6 is 0 Å². The van der Waals surface area contributed by atoms with E-state index in [1.807, 2.05) is 20.9 Å². The van der Waals surface area contributed by atoms with E-state index in [1.54, 1.807) is 30.3 Å². The maximum atomic E-state index is 15.2. The summed E-state index contributed by atoms with van der Waals surface area (Å²) in [4.78, 5) is 19.8. The smallest absolute Gasteiger partial charge is 0.387 e. The zero-order valence-electron chi connectivity index (χ0n) is 24.2. The molecule has 3 aliphatic rings.